The molecule has 0 spiro atoms. The maximum absolute atomic E-state index is 13.4. The highest BCUT2D eigenvalue weighted by Gasteiger charge is 2.39. The Labute approximate surface area is 171 Å². The van der Waals surface area contributed by atoms with Crippen LogP contribution >= 0.6 is 0 Å². The first-order chi connectivity index (χ1) is 14.0. The molecule has 4 rings (SSSR count). The van der Waals surface area contributed by atoms with Crippen molar-refractivity contribution in [2.24, 2.45) is 0 Å². The largest absolute Gasteiger partial charge is 0.268 e. The number of sulfonamides is 1. The lowest BCUT2D eigenvalue weighted by atomic mass is 9.94. The lowest BCUT2D eigenvalue weighted by Gasteiger charge is -2.34. The summed E-state index contributed by atoms with van der Waals surface area (Å²) in [5.41, 5.74) is 3.20. The number of rotatable bonds is 4. The van der Waals surface area contributed by atoms with Crippen LogP contribution in [0.3, 0.4) is 0 Å². The number of hydrogen-bond acceptors (Lipinski definition) is 3. The van der Waals surface area contributed by atoms with E-state index < -0.39 is 22.0 Å². The lowest BCUT2D eigenvalue weighted by Crippen LogP contribution is -2.48. The zero-order valence-corrected chi connectivity index (χ0v) is 16.8. The number of hydrogen-bond donors (Lipinski definition) is 0. The number of nitrogens with zero attached hydrogens (tertiary/aromatic N) is 1. The number of carbonyl (C=O) groups excluding carboxylic acids is 1. The van der Waals surface area contributed by atoms with Gasteiger partial charge in [0.25, 0.3) is 15.9 Å². The molecule has 0 unspecified atom stereocenters. The van der Waals surface area contributed by atoms with E-state index >= 15 is 0 Å². The maximum atomic E-state index is 13.4. The Morgan fingerprint density at radius 3 is 2.28 bits per heavy atom. The van der Waals surface area contributed by atoms with E-state index in [0.29, 0.717) is 12.0 Å². The van der Waals surface area contributed by atoms with E-state index in [4.69, 9.17) is 0 Å². The van der Waals surface area contributed by atoms with E-state index in [-0.39, 0.29) is 4.90 Å². The van der Waals surface area contributed by atoms with Crippen LogP contribution in [0, 0.1) is 6.92 Å². The van der Waals surface area contributed by atoms with Crippen LogP contribution in [0.25, 0.3) is 6.08 Å². The summed E-state index contributed by atoms with van der Waals surface area (Å²) in [6, 6.07) is 22.8. The van der Waals surface area contributed by atoms with Gasteiger partial charge in [-0.25, -0.2) is 12.7 Å². The van der Waals surface area contributed by atoms with Gasteiger partial charge in [0, 0.05) is 5.56 Å². The Kier molecular flexibility index (Phi) is 5.07. The van der Waals surface area contributed by atoms with Crippen LogP contribution in [0.15, 0.2) is 89.8 Å². The summed E-state index contributed by atoms with van der Waals surface area (Å²) < 4.78 is 27.9. The molecule has 1 heterocycles. The van der Waals surface area contributed by atoms with Crippen molar-refractivity contribution in [3.63, 3.8) is 0 Å². The molecule has 0 N–H and O–H groups in total. The molecule has 3 aromatic rings. The van der Waals surface area contributed by atoms with Crippen molar-refractivity contribution in [2.45, 2.75) is 24.3 Å². The average Bonchev–Trinajstić information content (AvgIpc) is 2.73. The van der Waals surface area contributed by atoms with Gasteiger partial charge in [0.1, 0.15) is 0 Å². The number of benzene rings is 3. The van der Waals surface area contributed by atoms with Gasteiger partial charge in [-0.05, 0) is 42.7 Å². The standard InChI is InChI=1S/C24H21NO3S/c1-18-11-15-22(16-12-18)29(27,28)25-21(14-13-19-7-3-2-4-8-19)17-20-9-5-6-10-23(20)24(25)26/h2-16,21H,17H2,1H3/b14-13+/t21-/m1/s1. The van der Waals surface area contributed by atoms with Crippen molar-refractivity contribution in [3.05, 3.63) is 107 Å². The molecule has 1 aliphatic heterocycles. The fourth-order valence-corrected chi connectivity index (χ4v) is 5.05. The molecule has 0 fully saturated rings. The highest BCUT2D eigenvalue weighted by molar-refractivity contribution is 7.89. The maximum Gasteiger partial charge on any atom is 0.268 e. The van der Waals surface area contributed by atoms with Gasteiger partial charge in [-0.1, -0.05) is 78.4 Å². The summed E-state index contributed by atoms with van der Waals surface area (Å²) in [6.07, 6.45) is 4.11. The van der Waals surface area contributed by atoms with Gasteiger partial charge < -0.3 is 0 Å². The van der Waals surface area contributed by atoms with E-state index in [2.05, 4.69) is 0 Å². The van der Waals surface area contributed by atoms with Crippen LogP contribution in [0.5, 0.6) is 0 Å². The van der Waals surface area contributed by atoms with Crippen LogP contribution in [0.4, 0.5) is 0 Å². The Hall–Kier alpha value is -3.18. The quantitative estimate of drug-likeness (QED) is 0.646. The minimum absolute atomic E-state index is 0.119. The smallest absolute Gasteiger partial charge is 0.268 e. The van der Waals surface area contributed by atoms with Gasteiger partial charge in [-0.15, -0.1) is 0 Å². The van der Waals surface area contributed by atoms with Gasteiger partial charge in [-0.3, -0.25) is 4.79 Å². The van der Waals surface area contributed by atoms with Gasteiger partial charge in [0.15, 0.2) is 0 Å². The SMILES string of the molecule is Cc1ccc(S(=O)(=O)N2C(=O)c3ccccc3C[C@H]2/C=C/c2ccccc2)cc1. The molecular formula is C24H21NO3S. The zero-order chi connectivity index (χ0) is 20.4. The van der Waals surface area contributed by atoms with Crippen LogP contribution in [-0.2, 0) is 16.4 Å². The third-order valence-electron chi connectivity index (χ3n) is 5.07. The number of fused-ring (bicyclic) bond motifs is 1. The molecule has 0 saturated heterocycles. The molecule has 0 aliphatic carbocycles. The molecule has 3 aromatic carbocycles. The third kappa shape index (κ3) is 3.74. The Balaban J connectivity index is 1.79. The molecule has 146 valence electrons. The van der Waals surface area contributed by atoms with Crippen molar-refractivity contribution in [2.75, 3.05) is 0 Å². The van der Waals surface area contributed by atoms with Crippen molar-refractivity contribution >= 4 is 22.0 Å². The monoisotopic (exact) mass is 403 g/mol. The minimum Gasteiger partial charge on any atom is -0.268 e. The number of aryl methyl sites for hydroxylation is 1. The van der Waals surface area contributed by atoms with Gasteiger partial charge >= 0.3 is 0 Å². The molecule has 0 aromatic heterocycles. The molecule has 29 heavy (non-hydrogen) atoms. The molecule has 1 aliphatic rings. The molecule has 0 saturated carbocycles. The van der Waals surface area contributed by atoms with Gasteiger partial charge in [0.05, 0.1) is 10.9 Å². The van der Waals surface area contributed by atoms with E-state index in [1.807, 2.05) is 55.5 Å². The van der Waals surface area contributed by atoms with Crippen LogP contribution < -0.4 is 0 Å². The summed E-state index contributed by atoms with van der Waals surface area (Å²) in [4.78, 5) is 13.4. The predicted molar refractivity (Wildman–Crippen MR) is 114 cm³/mol. The first-order valence-corrected chi connectivity index (χ1v) is 10.9. The van der Waals surface area contributed by atoms with E-state index in [0.717, 1.165) is 21.0 Å². The molecule has 0 bridgehead atoms. The predicted octanol–water partition coefficient (Wildman–Crippen LogP) is 4.46. The number of amides is 1. The molecular weight excluding hydrogens is 382 g/mol. The minimum atomic E-state index is -3.99. The van der Waals surface area contributed by atoms with Crippen LogP contribution in [0.2, 0.25) is 0 Å². The molecule has 1 atom stereocenters. The van der Waals surface area contributed by atoms with E-state index in [1.165, 1.54) is 0 Å². The lowest BCUT2D eigenvalue weighted by molar-refractivity contribution is 0.0823. The molecule has 0 radical (unpaired) electrons. The third-order valence-corrected chi connectivity index (χ3v) is 6.89. The van der Waals surface area contributed by atoms with Crippen LogP contribution in [-0.4, -0.2) is 24.7 Å². The second-order valence-electron chi connectivity index (χ2n) is 7.12. The van der Waals surface area contributed by atoms with E-state index in [1.54, 1.807) is 42.5 Å². The Morgan fingerprint density at radius 1 is 0.897 bits per heavy atom. The Bertz CT molecular complexity index is 1170. The topological polar surface area (TPSA) is 54.5 Å². The second kappa shape index (κ2) is 7.68. The first-order valence-electron chi connectivity index (χ1n) is 9.43. The normalized spacial score (nSPS) is 16.8. The summed E-state index contributed by atoms with van der Waals surface area (Å²) in [5, 5.41) is 0. The average molecular weight is 404 g/mol. The molecule has 1 amide bonds. The molecule has 4 nitrogen and oxygen atoms in total. The van der Waals surface area contributed by atoms with E-state index in [9.17, 15) is 13.2 Å². The summed E-state index contributed by atoms with van der Waals surface area (Å²) >= 11 is 0. The first kappa shape index (κ1) is 19.2. The fraction of sp³-hybridized carbons (Fsp3) is 0.125. The summed E-state index contributed by atoms with van der Waals surface area (Å²) in [7, 11) is -3.99. The summed E-state index contributed by atoms with van der Waals surface area (Å²) in [5.74, 6) is -0.491. The van der Waals surface area contributed by atoms with Crippen molar-refractivity contribution in [1.29, 1.82) is 0 Å². The van der Waals surface area contributed by atoms with Crippen molar-refractivity contribution in [1.82, 2.24) is 4.31 Å². The Morgan fingerprint density at radius 2 is 1.55 bits per heavy atom. The van der Waals surface area contributed by atoms with Crippen LogP contribution in [0.1, 0.15) is 27.0 Å². The second-order valence-corrected chi connectivity index (χ2v) is 8.93. The highest BCUT2D eigenvalue weighted by atomic mass is 32.2. The van der Waals surface area contributed by atoms with Crippen molar-refractivity contribution < 1.29 is 13.2 Å². The van der Waals surface area contributed by atoms with Gasteiger partial charge in [-0.2, -0.15) is 0 Å². The fourth-order valence-electron chi connectivity index (χ4n) is 3.53. The highest BCUT2D eigenvalue weighted by Crippen LogP contribution is 2.30. The number of carbonyl (C=O) groups is 1. The van der Waals surface area contributed by atoms with Crippen molar-refractivity contribution in [3.8, 4) is 0 Å². The summed E-state index contributed by atoms with van der Waals surface area (Å²) in [6.45, 7) is 1.89. The van der Waals surface area contributed by atoms with Gasteiger partial charge in [0.2, 0.25) is 0 Å². The zero-order valence-electron chi connectivity index (χ0n) is 16.0. The molecule has 5 heteroatoms.